The topological polar surface area (TPSA) is 66.0 Å². The second kappa shape index (κ2) is 8.64. The first-order chi connectivity index (χ1) is 13.6. The number of piperidine rings is 1. The second-order valence-electron chi connectivity index (χ2n) is 8.01. The Labute approximate surface area is 175 Å². The third-order valence-electron chi connectivity index (χ3n) is 5.70. The summed E-state index contributed by atoms with van der Waals surface area (Å²) >= 11 is 3.58. The number of hydrogen-bond donors (Lipinski definition) is 2. The lowest BCUT2D eigenvalue weighted by molar-refractivity contribution is 0.378. The predicted octanol–water partition coefficient (Wildman–Crippen LogP) is 4.93. The summed E-state index contributed by atoms with van der Waals surface area (Å²) in [5.41, 5.74) is 2.18. The van der Waals surface area contributed by atoms with E-state index in [0.717, 1.165) is 53.9 Å². The van der Waals surface area contributed by atoms with Gasteiger partial charge in [-0.25, -0.2) is 9.97 Å². The average molecular weight is 445 g/mol. The van der Waals surface area contributed by atoms with E-state index in [4.69, 9.17) is 4.98 Å². The van der Waals surface area contributed by atoms with E-state index in [1.165, 1.54) is 31.2 Å². The van der Waals surface area contributed by atoms with Crippen LogP contribution >= 0.6 is 15.9 Å². The minimum absolute atomic E-state index is 0.100. The van der Waals surface area contributed by atoms with Crippen LogP contribution in [0.25, 0.3) is 0 Å². The first-order valence-electron chi connectivity index (χ1n) is 10.4. The molecule has 0 saturated carbocycles. The molecule has 150 valence electrons. The first-order valence-corrected chi connectivity index (χ1v) is 11.2. The van der Waals surface area contributed by atoms with E-state index in [0.29, 0.717) is 5.95 Å². The summed E-state index contributed by atoms with van der Waals surface area (Å²) in [7, 11) is 0. The standard InChI is InChI=1S/C21H29BrN6/c1-14-12-19-25-15(2)17-8-9-18(22)26-20(17)28-11-5-7-16(13-28)6-3-4-10-23-21(24-14)27-19/h8-9,12,15-16H,3-7,10-11,13H2,1-2H3,(H2,23,24,25,27). The number of pyridine rings is 1. The van der Waals surface area contributed by atoms with Gasteiger partial charge >= 0.3 is 0 Å². The van der Waals surface area contributed by atoms with Gasteiger partial charge < -0.3 is 15.5 Å². The van der Waals surface area contributed by atoms with Crippen LogP contribution in [0.2, 0.25) is 0 Å². The molecule has 4 heterocycles. The fourth-order valence-electron chi connectivity index (χ4n) is 4.30. The number of aromatic nitrogens is 3. The lowest BCUT2D eigenvalue weighted by atomic mass is 9.92. The first kappa shape index (κ1) is 19.4. The summed E-state index contributed by atoms with van der Waals surface area (Å²) < 4.78 is 0.892. The Morgan fingerprint density at radius 2 is 1.96 bits per heavy atom. The van der Waals surface area contributed by atoms with Gasteiger partial charge in [-0.3, -0.25) is 0 Å². The Hall–Kier alpha value is -1.89. The van der Waals surface area contributed by atoms with Crippen LogP contribution in [0.1, 0.15) is 56.3 Å². The summed E-state index contributed by atoms with van der Waals surface area (Å²) in [6.45, 7) is 7.29. The van der Waals surface area contributed by atoms with Gasteiger partial charge in [0.2, 0.25) is 5.95 Å². The van der Waals surface area contributed by atoms with E-state index in [-0.39, 0.29) is 6.04 Å². The largest absolute Gasteiger partial charge is 0.363 e. The maximum absolute atomic E-state index is 4.88. The zero-order chi connectivity index (χ0) is 19.5. The summed E-state index contributed by atoms with van der Waals surface area (Å²) in [4.78, 5) is 16.6. The molecule has 0 spiro atoms. The number of aryl methyl sites for hydroxylation is 1. The molecular formula is C21H29BrN6. The van der Waals surface area contributed by atoms with E-state index < -0.39 is 0 Å². The fraction of sp³-hybridized carbons (Fsp3) is 0.571. The number of nitrogens with zero attached hydrogens (tertiary/aromatic N) is 4. The number of nitrogens with one attached hydrogen (secondary N) is 2. The molecule has 7 heteroatoms. The van der Waals surface area contributed by atoms with Crippen molar-refractivity contribution in [1.29, 1.82) is 0 Å². The molecule has 0 radical (unpaired) electrons. The van der Waals surface area contributed by atoms with E-state index in [1.54, 1.807) is 0 Å². The molecule has 2 aromatic heterocycles. The van der Waals surface area contributed by atoms with Crippen LogP contribution < -0.4 is 15.5 Å². The van der Waals surface area contributed by atoms with Crippen molar-refractivity contribution in [1.82, 2.24) is 15.0 Å². The molecule has 2 unspecified atom stereocenters. The van der Waals surface area contributed by atoms with Crippen LogP contribution in [0.5, 0.6) is 0 Å². The molecule has 28 heavy (non-hydrogen) atoms. The normalized spacial score (nSPS) is 22.9. The molecule has 2 aliphatic heterocycles. The molecule has 4 bridgehead atoms. The van der Waals surface area contributed by atoms with Gasteiger partial charge in [0.1, 0.15) is 16.2 Å². The van der Waals surface area contributed by atoms with Crippen LogP contribution in [-0.2, 0) is 0 Å². The highest BCUT2D eigenvalue weighted by Crippen LogP contribution is 2.33. The molecule has 6 nitrogen and oxygen atoms in total. The van der Waals surface area contributed by atoms with Crippen molar-refractivity contribution in [3.05, 3.63) is 34.1 Å². The van der Waals surface area contributed by atoms with Gasteiger partial charge in [0.25, 0.3) is 0 Å². The van der Waals surface area contributed by atoms with Crippen LogP contribution in [0.4, 0.5) is 17.6 Å². The molecular weight excluding hydrogens is 416 g/mol. The lowest BCUT2D eigenvalue weighted by Crippen LogP contribution is -2.37. The van der Waals surface area contributed by atoms with Crippen LogP contribution in [0.15, 0.2) is 22.8 Å². The van der Waals surface area contributed by atoms with Gasteiger partial charge in [-0.1, -0.05) is 12.5 Å². The van der Waals surface area contributed by atoms with E-state index >= 15 is 0 Å². The molecule has 1 saturated heterocycles. The van der Waals surface area contributed by atoms with Crippen LogP contribution in [0, 0.1) is 12.8 Å². The molecule has 0 aliphatic carbocycles. The third kappa shape index (κ3) is 4.57. The zero-order valence-electron chi connectivity index (χ0n) is 16.7. The summed E-state index contributed by atoms with van der Waals surface area (Å²) in [6, 6.07) is 6.31. The monoisotopic (exact) mass is 444 g/mol. The maximum Gasteiger partial charge on any atom is 0.224 e. The second-order valence-corrected chi connectivity index (χ2v) is 8.82. The molecule has 1 fully saturated rings. The van der Waals surface area contributed by atoms with Gasteiger partial charge in [-0.2, -0.15) is 4.98 Å². The van der Waals surface area contributed by atoms with Crippen molar-refractivity contribution < 1.29 is 0 Å². The molecule has 2 N–H and O–H groups in total. The maximum atomic E-state index is 4.88. The van der Waals surface area contributed by atoms with E-state index in [2.05, 4.69) is 54.4 Å². The van der Waals surface area contributed by atoms with Gasteiger partial charge in [0, 0.05) is 37.0 Å². The minimum atomic E-state index is 0.100. The number of halogens is 1. The molecule has 4 rings (SSSR count). The number of fused-ring (bicyclic) bond motifs is 6. The van der Waals surface area contributed by atoms with Crippen LogP contribution in [-0.4, -0.2) is 34.6 Å². The van der Waals surface area contributed by atoms with E-state index in [9.17, 15) is 0 Å². The van der Waals surface area contributed by atoms with Crippen molar-refractivity contribution in [2.24, 2.45) is 5.92 Å². The highest BCUT2D eigenvalue weighted by atomic mass is 79.9. The van der Waals surface area contributed by atoms with Crippen LogP contribution in [0.3, 0.4) is 0 Å². The van der Waals surface area contributed by atoms with Crippen molar-refractivity contribution in [3.63, 3.8) is 0 Å². The van der Waals surface area contributed by atoms with Gasteiger partial charge in [-0.05, 0) is 67.4 Å². The van der Waals surface area contributed by atoms with Crippen molar-refractivity contribution in [2.45, 2.75) is 52.0 Å². The summed E-state index contributed by atoms with van der Waals surface area (Å²) in [5, 5.41) is 6.97. The van der Waals surface area contributed by atoms with Crippen molar-refractivity contribution in [2.75, 3.05) is 35.2 Å². The number of anilines is 3. The Morgan fingerprint density at radius 3 is 2.86 bits per heavy atom. The molecule has 2 atom stereocenters. The zero-order valence-corrected chi connectivity index (χ0v) is 18.3. The molecule has 2 aliphatic rings. The predicted molar refractivity (Wildman–Crippen MR) is 118 cm³/mol. The Morgan fingerprint density at radius 1 is 1.11 bits per heavy atom. The highest BCUT2D eigenvalue weighted by Gasteiger charge is 2.25. The smallest absolute Gasteiger partial charge is 0.224 e. The Bertz CT molecular complexity index is 827. The van der Waals surface area contributed by atoms with Gasteiger partial charge in [-0.15, -0.1) is 0 Å². The summed E-state index contributed by atoms with van der Waals surface area (Å²) in [6.07, 6.45) is 6.22. The quantitative estimate of drug-likeness (QED) is 0.561. The summed E-state index contributed by atoms with van der Waals surface area (Å²) in [5.74, 6) is 3.40. The van der Waals surface area contributed by atoms with Gasteiger partial charge in [0.05, 0.1) is 6.04 Å². The lowest BCUT2D eigenvalue weighted by Gasteiger charge is -2.35. The average Bonchev–Trinajstić information content (AvgIpc) is 2.67. The van der Waals surface area contributed by atoms with Gasteiger partial charge in [0.15, 0.2) is 0 Å². The highest BCUT2D eigenvalue weighted by molar-refractivity contribution is 9.10. The van der Waals surface area contributed by atoms with E-state index in [1.807, 2.05) is 19.1 Å². The number of rotatable bonds is 0. The Kier molecular flexibility index (Phi) is 5.99. The minimum Gasteiger partial charge on any atom is -0.363 e. The SMILES string of the molecule is Cc1cc2nc(n1)NCCCCC1CCCN(C1)c1nc(Br)ccc1C(C)N2. The van der Waals surface area contributed by atoms with Crippen molar-refractivity contribution >= 4 is 33.5 Å². The fourth-order valence-corrected chi connectivity index (χ4v) is 4.60. The molecule has 0 aromatic carbocycles. The number of hydrogen-bond acceptors (Lipinski definition) is 6. The van der Waals surface area contributed by atoms with Crippen molar-refractivity contribution in [3.8, 4) is 0 Å². The molecule has 2 aromatic rings. The third-order valence-corrected chi connectivity index (χ3v) is 6.14. The Balaban J connectivity index is 1.70. The molecule has 0 amide bonds.